The quantitative estimate of drug-likeness (QED) is 0.805. The van der Waals surface area contributed by atoms with Gasteiger partial charge in [0.15, 0.2) is 0 Å². The number of β-amino-alcohol motifs (C(OH)–C–C–N with tert-alkyl or cyclic N) is 1. The molecule has 1 atom stereocenters. The van der Waals surface area contributed by atoms with Gasteiger partial charge in [-0.15, -0.1) is 0 Å². The van der Waals surface area contributed by atoms with Crippen molar-refractivity contribution in [3.8, 4) is 6.07 Å². The first kappa shape index (κ1) is 11.9. The van der Waals surface area contributed by atoms with Gasteiger partial charge in [0.1, 0.15) is 6.07 Å². The van der Waals surface area contributed by atoms with Crippen LogP contribution in [0.15, 0.2) is 24.3 Å². The third-order valence-electron chi connectivity index (χ3n) is 3.53. The van der Waals surface area contributed by atoms with Crippen LogP contribution in [0, 0.1) is 11.3 Å². The molecule has 1 aliphatic heterocycles. The second-order valence-corrected chi connectivity index (χ2v) is 5.24. The Morgan fingerprint density at radius 3 is 2.82 bits per heavy atom. The number of hydrogen-bond acceptors (Lipinski definition) is 3. The zero-order valence-corrected chi connectivity index (χ0v) is 10.3. The van der Waals surface area contributed by atoms with Crippen LogP contribution in [-0.2, 0) is 0 Å². The van der Waals surface area contributed by atoms with E-state index in [-0.39, 0.29) is 11.6 Å². The molecular weight excluding hydrogens is 212 g/mol. The Hall–Kier alpha value is -1.53. The fourth-order valence-corrected chi connectivity index (χ4v) is 2.43. The average molecular weight is 230 g/mol. The number of para-hydroxylation sites is 1. The maximum Gasteiger partial charge on any atom is 0.101 e. The molecule has 0 saturated carbocycles. The van der Waals surface area contributed by atoms with Crippen LogP contribution in [-0.4, -0.2) is 23.3 Å². The summed E-state index contributed by atoms with van der Waals surface area (Å²) in [5.41, 5.74) is 1.60. The van der Waals surface area contributed by atoms with Crippen LogP contribution in [0.25, 0.3) is 0 Å². The van der Waals surface area contributed by atoms with Gasteiger partial charge in [0.2, 0.25) is 0 Å². The van der Waals surface area contributed by atoms with Gasteiger partial charge in [-0.2, -0.15) is 5.26 Å². The summed E-state index contributed by atoms with van der Waals surface area (Å²) in [5, 5.41) is 19.0. The summed E-state index contributed by atoms with van der Waals surface area (Å²) in [5.74, 6) is 0. The Morgan fingerprint density at radius 2 is 2.12 bits per heavy atom. The molecule has 1 fully saturated rings. The number of piperidine rings is 1. The molecule has 0 amide bonds. The van der Waals surface area contributed by atoms with Crippen molar-refractivity contribution >= 4 is 5.69 Å². The van der Waals surface area contributed by atoms with Crippen molar-refractivity contribution in [3.05, 3.63) is 29.8 Å². The number of hydrogen-bond donors (Lipinski definition) is 1. The molecule has 1 aromatic rings. The summed E-state index contributed by atoms with van der Waals surface area (Å²) >= 11 is 0. The van der Waals surface area contributed by atoms with E-state index in [1.165, 1.54) is 0 Å². The highest BCUT2D eigenvalue weighted by molar-refractivity contribution is 5.61. The van der Waals surface area contributed by atoms with Crippen LogP contribution in [0.2, 0.25) is 0 Å². The van der Waals surface area contributed by atoms with E-state index in [2.05, 4.69) is 24.8 Å². The highest BCUT2D eigenvalue weighted by Gasteiger charge is 2.34. The normalized spacial score (nSPS) is 23.2. The third-order valence-corrected chi connectivity index (χ3v) is 3.53. The number of nitriles is 1. The van der Waals surface area contributed by atoms with Gasteiger partial charge < -0.3 is 10.0 Å². The van der Waals surface area contributed by atoms with Crippen LogP contribution in [0.1, 0.15) is 32.3 Å². The Bertz CT molecular complexity index is 448. The molecule has 1 N–H and O–H groups in total. The number of aliphatic hydroxyl groups is 1. The van der Waals surface area contributed by atoms with Gasteiger partial charge in [0, 0.05) is 12.1 Å². The van der Waals surface area contributed by atoms with E-state index in [0.29, 0.717) is 12.1 Å². The molecule has 1 saturated heterocycles. The van der Waals surface area contributed by atoms with Crippen LogP contribution in [0.3, 0.4) is 0 Å². The van der Waals surface area contributed by atoms with Crippen LogP contribution in [0.4, 0.5) is 5.69 Å². The van der Waals surface area contributed by atoms with E-state index in [1.54, 1.807) is 0 Å². The summed E-state index contributed by atoms with van der Waals surface area (Å²) in [7, 11) is 0. The number of aliphatic hydroxyl groups excluding tert-OH is 1. The first-order valence-corrected chi connectivity index (χ1v) is 5.99. The molecule has 0 spiro atoms. The zero-order valence-electron chi connectivity index (χ0n) is 10.3. The molecule has 1 unspecified atom stereocenters. The summed E-state index contributed by atoms with van der Waals surface area (Å²) in [6.07, 6.45) is 1.47. The highest BCUT2D eigenvalue weighted by Crippen LogP contribution is 2.34. The molecule has 1 heterocycles. The number of benzene rings is 1. The van der Waals surface area contributed by atoms with Crippen molar-refractivity contribution in [3.63, 3.8) is 0 Å². The molecule has 3 nitrogen and oxygen atoms in total. The Labute approximate surface area is 102 Å². The fourth-order valence-electron chi connectivity index (χ4n) is 2.43. The van der Waals surface area contributed by atoms with Crippen molar-refractivity contribution in [2.75, 3.05) is 11.4 Å². The second-order valence-electron chi connectivity index (χ2n) is 5.24. The monoisotopic (exact) mass is 230 g/mol. The predicted octanol–water partition coefficient (Wildman–Crippen LogP) is 2.30. The van der Waals surface area contributed by atoms with E-state index in [1.807, 2.05) is 24.3 Å². The van der Waals surface area contributed by atoms with Gasteiger partial charge >= 0.3 is 0 Å². The van der Waals surface area contributed by atoms with Gasteiger partial charge in [-0.25, -0.2) is 0 Å². The molecule has 90 valence electrons. The number of nitrogens with zero attached hydrogens (tertiary/aromatic N) is 2. The molecule has 0 aliphatic carbocycles. The molecule has 0 bridgehead atoms. The van der Waals surface area contributed by atoms with Crippen molar-refractivity contribution in [2.45, 2.75) is 38.3 Å². The third kappa shape index (κ3) is 2.27. The van der Waals surface area contributed by atoms with Crippen molar-refractivity contribution in [1.82, 2.24) is 0 Å². The molecule has 1 aromatic carbocycles. The molecule has 0 aromatic heterocycles. The van der Waals surface area contributed by atoms with Crippen LogP contribution in [0.5, 0.6) is 0 Å². The lowest BCUT2D eigenvalue weighted by Gasteiger charge is -2.46. The van der Waals surface area contributed by atoms with E-state index >= 15 is 0 Å². The highest BCUT2D eigenvalue weighted by atomic mass is 16.3. The second kappa shape index (κ2) is 4.38. The van der Waals surface area contributed by atoms with Gasteiger partial charge in [-0.1, -0.05) is 12.1 Å². The SMILES string of the molecule is CC1(C)CCC(O)CN1c1ccccc1C#N. The minimum absolute atomic E-state index is 0.00775. The lowest BCUT2D eigenvalue weighted by molar-refractivity contribution is 0.126. The Balaban J connectivity index is 2.40. The summed E-state index contributed by atoms with van der Waals surface area (Å²) < 4.78 is 0. The van der Waals surface area contributed by atoms with E-state index in [4.69, 9.17) is 5.26 Å². The standard InChI is InChI=1S/C14H18N2O/c1-14(2)8-7-12(17)10-16(14)13-6-4-3-5-11(13)9-15/h3-6,12,17H,7-8,10H2,1-2H3. The lowest BCUT2D eigenvalue weighted by atomic mass is 9.88. The van der Waals surface area contributed by atoms with Crippen molar-refractivity contribution in [1.29, 1.82) is 5.26 Å². The maximum absolute atomic E-state index is 9.81. The van der Waals surface area contributed by atoms with Gasteiger partial charge in [-0.3, -0.25) is 0 Å². The topological polar surface area (TPSA) is 47.3 Å². The molecule has 17 heavy (non-hydrogen) atoms. The first-order chi connectivity index (χ1) is 8.04. The molecular formula is C14H18N2O. The van der Waals surface area contributed by atoms with E-state index in [9.17, 15) is 5.11 Å². The predicted molar refractivity (Wildman–Crippen MR) is 67.8 cm³/mol. The van der Waals surface area contributed by atoms with E-state index in [0.717, 1.165) is 18.5 Å². The zero-order chi connectivity index (χ0) is 12.5. The molecule has 2 rings (SSSR count). The Kier molecular flexibility index (Phi) is 3.08. The summed E-state index contributed by atoms with van der Waals surface area (Å²) in [6.45, 7) is 4.92. The van der Waals surface area contributed by atoms with Gasteiger partial charge in [0.05, 0.1) is 17.4 Å². The van der Waals surface area contributed by atoms with Crippen molar-refractivity contribution < 1.29 is 5.11 Å². The van der Waals surface area contributed by atoms with Crippen LogP contribution >= 0.6 is 0 Å². The molecule has 1 aliphatic rings. The largest absolute Gasteiger partial charge is 0.391 e. The van der Waals surface area contributed by atoms with Crippen molar-refractivity contribution in [2.24, 2.45) is 0 Å². The maximum atomic E-state index is 9.81. The smallest absolute Gasteiger partial charge is 0.101 e. The summed E-state index contributed by atoms with van der Waals surface area (Å²) in [6, 6.07) is 9.81. The fraction of sp³-hybridized carbons (Fsp3) is 0.500. The van der Waals surface area contributed by atoms with E-state index < -0.39 is 0 Å². The van der Waals surface area contributed by atoms with Gasteiger partial charge in [-0.05, 0) is 38.8 Å². The number of anilines is 1. The first-order valence-electron chi connectivity index (χ1n) is 5.99. The number of rotatable bonds is 1. The Morgan fingerprint density at radius 1 is 1.41 bits per heavy atom. The van der Waals surface area contributed by atoms with Gasteiger partial charge in [0.25, 0.3) is 0 Å². The summed E-state index contributed by atoms with van der Waals surface area (Å²) in [4.78, 5) is 2.15. The molecule has 0 radical (unpaired) electrons. The molecule has 3 heteroatoms. The average Bonchev–Trinajstić information content (AvgIpc) is 2.32. The lowest BCUT2D eigenvalue weighted by Crippen LogP contribution is -2.52. The minimum Gasteiger partial charge on any atom is -0.391 e. The minimum atomic E-state index is -0.297. The van der Waals surface area contributed by atoms with Crippen LogP contribution < -0.4 is 4.90 Å².